The number of hydrogen-bond donors (Lipinski definition) is 1. The summed E-state index contributed by atoms with van der Waals surface area (Å²) in [4.78, 5) is 18.6. The standard InChI is InChI=1S/C17H25N3O.2ClH/c1-13-2-3-15(12-18-13)10-17(21)20-8-6-16(7-9-20)19-11-14-4-5-14;;/h2-3,12,14,16,19H,4-11H2,1H3;2*1H. The van der Waals surface area contributed by atoms with Crippen LogP contribution in [0.5, 0.6) is 0 Å². The summed E-state index contributed by atoms with van der Waals surface area (Å²) >= 11 is 0. The van der Waals surface area contributed by atoms with E-state index < -0.39 is 0 Å². The largest absolute Gasteiger partial charge is 0.342 e. The maximum atomic E-state index is 12.3. The minimum atomic E-state index is 0. The first-order chi connectivity index (χ1) is 10.2. The Morgan fingerprint density at radius 3 is 2.48 bits per heavy atom. The van der Waals surface area contributed by atoms with Crippen LogP contribution in [0.15, 0.2) is 18.3 Å². The highest BCUT2D eigenvalue weighted by molar-refractivity contribution is 5.85. The average Bonchev–Trinajstić information content (AvgIpc) is 3.32. The Morgan fingerprint density at radius 2 is 1.91 bits per heavy atom. The number of halogens is 2. The van der Waals surface area contributed by atoms with Crippen LogP contribution < -0.4 is 5.32 Å². The summed E-state index contributed by atoms with van der Waals surface area (Å²) in [6, 6.07) is 4.58. The van der Waals surface area contributed by atoms with Crippen LogP contribution in [0, 0.1) is 12.8 Å². The van der Waals surface area contributed by atoms with Gasteiger partial charge in [0, 0.05) is 31.0 Å². The molecule has 4 nitrogen and oxygen atoms in total. The molecule has 0 radical (unpaired) electrons. The van der Waals surface area contributed by atoms with E-state index in [1.807, 2.05) is 30.2 Å². The first-order valence-electron chi connectivity index (χ1n) is 8.13. The SMILES string of the molecule is Cc1ccc(CC(=O)N2CCC(NCC3CC3)CC2)cn1.Cl.Cl. The third-order valence-corrected chi connectivity index (χ3v) is 4.57. The third-order valence-electron chi connectivity index (χ3n) is 4.57. The first kappa shape index (κ1) is 20.2. The number of rotatable bonds is 5. The Hall–Kier alpha value is -0.840. The van der Waals surface area contributed by atoms with E-state index in [1.54, 1.807) is 0 Å². The molecular formula is C17H27Cl2N3O. The van der Waals surface area contributed by atoms with Gasteiger partial charge in [0.2, 0.25) is 5.91 Å². The van der Waals surface area contributed by atoms with Crippen molar-refractivity contribution >= 4 is 30.7 Å². The van der Waals surface area contributed by atoms with Crippen LogP contribution in [-0.2, 0) is 11.2 Å². The molecule has 23 heavy (non-hydrogen) atoms. The number of likely N-dealkylation sites (tertiary alicyclic amines) is 1. The molecule has 1 aliphatic heterocycles. The van der Waals surface area contributed by atoms with Gasteiger partial charge < -0.3 is 10.2 Å². The summed E-state index contributed by atoms with van der Waals surface area (Å²) in [5.41, 5.74) is 2.01. The fraction of sp³-hybridized carbons (Fsp3) is 0.647. The monoisotopic (exact) mass is 359 g/mol. The summed E-state index contributed by atoms with van der Waals surface area (Å²) in [6.07, 6.45) is 7.27. The van der Waals surface area contributed by atoms with Gasteiger partial charge in [0.25, 0.3) is 0 Å². The molecule has 130 valence electrons. The van der Waals surface area contributed by atoms with Gasteiger partial charge in [0.15, 0.2) is 0 Å². The second-order valence-corrected chi connectivity index (χ2v) is 6.49. The molecule has 1 aromatic rings. The molecule has 2 heterocycles. The molecule has 0 bridgehead atoms. The van der Waals surface area contributed by atoms with Crippen LogP contribution in [0.1, 0.15) is 36.9 Å². The Balaban J connectivity index is 0.00000132. The number of amides is 1. The number of pyridine rings is 1. The molecule has 1 N–H and O–H groups in total. The summed E-state index contributed by atoms with van der Waals surface area (Å²) in [5, 5.41) is 3.65. The summed E-state index contributed by atoms with van der Waals surface area (Å²) in [6.45, 7) is 4.92. The van der Waals surface area contributed by atoms with Crippen molar-refractivity contribution in [2.45, 2.75) is 45.1 Å². The lowest BCUT2D eigenvalue weighted by Crippen LogP contribution is -2.45. The smallest absolute Gasteiger partial charge is 0.227 e. The number of carbonyl (C=O) groups is 1. The van der Waals surface area contributed by atoms with Gasteiger partial charge in [-0.1, -0.05) is 6.07 Å². The molecule has 1 saturated carbocycles. The molecule has 6 heteroatoms. The summed E-state index contributed by atoms with van der Waals surface area (Å²) < 4.78 is 0. The van der Waals surface area contributed by atoms with E-state index in [9.17, 15) is 4.79 Å². The molecule has 2 aliphatic rings. The zero-order valence-electron chi connectivity index (χ0n) is 13.7. The van der Waals surface area contributed by atoms with Gasteiger partial charge in [-0.15, -0.1) is 24.8 Å². The lowest BCUT2D eigenvalue weighted by Gasteiger charge is -2.32. The fourth-order valence-electron chi connectivity index (χ4n) is 2.88. The van der Waals surface area contributed by atoms with Crippen molar-refractivity contribution in [2.24, 2.45) is 5.92 Å². The van der Waals surface area contributed by atoms with Crippen LogP contribution >= 0.6 is 24.8 Å². The second-order valence-electron chi connectivity index (χ2n) is 6.49. The number of piperidine rings is 1. The van der Waals surface area contributed by atoms with Crippen LogP contribution in [0.4, 0.5) is 0 Å². The molecule has 1 saturated heterocycles. The van der Waals surface area contributed by atoms with Crippen LogP contribution in [0.2, 0.25) is 0 Å². The van der Waals surface area contributed by atoms with Gasteiger partial charge in [-0.05, 0) is 56.7 Å². The highest BCUT2D eigenvalue weighted by Gasteiger charge is 2.25. The molecule has 0 unspecified atom stereocenters. The summed E-state index contributed by atoms with van der Waals surface area (Å²) in [7, 11) is 0. The lowest BCUT2D eigenvalue weighted by atomic mass is 10.0. The van der Waals surface area contributed by atoms with Gasteiger partial charge in [-0.25, -0.2) is 0 Å². The average molecular weight is 360 g/mol. The van der Waals surface area contributed by atoms with Crippen molar-refractivity contribution in [3.05, 3.63) is 29.6 Å². The minimum absolute atomic E-state index is 0. The third kappa shape index (κ3) is 6.28. The number of aryl methyl sites for hydroxylation is 1. The van der Waals surface area contributed by atoms with E-state index >= 15 is 0 Å². The number of nitrogens with one attached hydrogen (secondary N) is 1. The number of carbonyl (C=O) groups excluding carboxylic acids is 1. The molecule has 1 aliphatic carbocycles. The van der Waals surface area contributed by atoms with Gasteiger partial charge in [0.05, 0.1) is 6.42 Å². The van der Waals surface area contributed by atoms with E-state index in [0.29, 0.717) is 12.5 Å². The van der Waals surface area contributed by atoms with Crippen molar-refractivity contribution in [2.75, 3.05) is 19.6 Å². The summed E-state index contributed by atoms with van der Waals surface area (Å²) in [5.74, 6) is 1.17. The maximum Gasteiger partial charge on any atom is 0.227 e. The predicted octanol–water partition coefficient (Wildman–Crippen LogP) is 2.77. The van der Waals surface area contributed by atoms with E-state index in [2.05, 4.69) is 10.3 Å². The topological polar surface area (TPSA) is 45.2 Å². The van der Waals surface area contributed by atoms with Crippen molar-refractivity contribution in [1.29, 1.82) is 0 Å². The molecule has 0 atom stereocenters. The first-order valence-corrected chi connectivity index (χ1v) is 8.13. The Morgan fingerprint density at radius 1 is 1.22 bits per heavy atom. The molecule has 1 aromatic heterocycles. The normalized spacial score (nSPS) is 18.0. The van der Waals surface area contributed by atoms with Crippen LogP contribution in [0.3, 0.4) is 0 Å². The van der Waals surface area contributed by atoms with Crippen molar-refractivity contribution in [3.8, 4) is 0 Å². The predicted molar refractivity (Wildman–Crippen MR) is 97.5 cm³/mol. The van der Waals surface area contributed by atoms with Gasteiger partial charge in [-0.3, -0.25) is 9.78 Å². The quantitative estimate of drug-likeness (QED) is 0.878. The second kappa shape index (κ2) is 9.45. The molecule has 0 spiro atoms. The Bertz CT molecular complexity index is 483. The highest BCUT2D eigenvalue weighted by Crippen LogP contribution is 2.28. The van der Waals surface area contributed by atoms with E-state index in [-0.39, 0.29) is 30.7 Å². The zero-order valence-corrected chi connectivity index (χ0v) is 15.3. The van der Waals surface area contributed by atoms with E-state index in [0.717, 1.165) is 43.1 Å². The number of aromatic nitrogens is 1. The molecular weight excluding hydrogens is 333 g/mol. The highest BCUT2D eigenvalue weighted by atomic mass is 35.5. The van der Waals surface area contributed by atoms with Crippen LogP contribution in [0.25, 0.3) is 0 Å². The van der Waals surface area contributed by atoms with E-state index in [4.69, 9.17) is 0 Å². The number of nitrogens with zero attached hydrogens (tertiary/aromatic N) is 2. The van der Waals surface area contributed by atoms with Crippen molar-refractivity contribution in [1.82, 2.24) is 15.2 Å². The maximum absolute atomic E-state index is 12.3. The van der Waals surface area contributed by atoms with Gasteiger partial charge in [-0.2, -0.15) is 0 Å². The van der Waals surface area contributed by atoms with Crippen LogP contribution in [-0.4, -0.2) is 41.5 Å². The van der Waals surface area contributed by atoms with Crippen molar-refractivity contribution in [3.63, 3.8) is 0 Å². The lowest BCUT2D eigenvalue weighted by molar-refractivity contribution is -0.131. The Kier molecular flexibility index (Phi) is 8.31. The molecule has 3 rings (SSSR count). The van der Waals surface area contributed by atoms with Gasteiger partial charge in [0.1, 0.15) is 0 Å². The number of hydrogen-bond acceptors (Lipinski definition) is 3. The Labute approximate surface area is 151 Å². The van der Waals surface area contributed by atoms with E-state index in [1.165, 1.54) is 19.4 Å². The fourth-order valence-corrected chi connectivity index (χ4v) is 2.88. The van der Waals surface area contributed by atoms with Gasteiger partial charge >= 0.3 is 0 Å². The molecule has 0 aromatic carbocycles. The molecule has 1 amide bonds. The van der Waals surface area contributed by atoms with Crippen molar-refractivity contribution < 1.29 is 4.79 Å². The zero-order chi connectivity index (χ0) is 14.7. The molecule has 2 fully saturated rings. The minimum Gasteiger partial charge on any atom is -0.342 e.